The Balaban J connectivity index is 1.69. The first kappa shape index (κ1) is 22.6. The Morgan fingerprint density at radius 1 is 1.00 bits per heavy atom. The number of carbonyl (C=O) groups is 1. The highest BCUT2D eigenvalue weighted by molar-refractivity contribution is 7.92. The Morgan fingerprint density at radius 3 is 2.29 bits per heavy atom. The summed E-state index contributed by atoms with van der Waals surface area (Å²) in [6, 6.07) is 11.8. The average Bonchev–Trinajstić information content (AvgIpc) is 3.14. The molecule has 11 heteroatoms. The fraction of sp³-hybridized carbons (Fsp3) is 0.250. The number of amides is 1. The molecule has 0 bridgehead atoms. The molecule has 164 valence electrons. The molecule has 0 aliphatic carbocycles. The normalized spacial score (nSPS) is 12.1. The second kappa shape index (κ2) is 8.60. The van der Waals surface area contributed by atoms with E-state index in [1.54, 1.807) is 26.0 Å². The van der Waals surface area contributed by atoms with Crippen LogP contribution in [0.1, 0.15) is 35.7 Å². The fourth-order valence-corrected chi connectivity index (χ4v) is 4.38. The van der Waals surface area contributed by atoms with Crippen LogP contribution in [-0.2, 0) is 26.1 Å². The highest BCUT2D eigenvalue weighted by Crippen LogP contribution is 2.19. The van der Waals surface area contributed by atoms with Crippen molar-refractivity contribution in [3.05, 3.63) is 65.5 Å². The molecule has 3 aromatic rings. The first-order chi connectivity index (χ1) is 14.5. The summed E-state index contributed by atoms with van der Waals surface area (Å²) in [5.74, 6) is -0.372. The lowest BCUT2D eigenvalue weighted by atomic mass is 10.1. The number of benzene rings is 2. The van der Waals surface area contributed by atoms with E-state index in [-0.39, 0.29) is 33.7 Å². The molecule has 0 fully saturated rings. The van der Waals surface area contributed by atoms with E-state index in [0.29, 0.717) is 0 Å². The molecule has 1 aromatic heterocycles. The molecule has 0 atom stereocenters. The van der Waals surface area contributed by atoms with Crippen LogP contribution in [0.5, 0.6) is 0 Å². The molecule has 31 heavy (non-hydrogen) atoms. The molecule has 0 unspecified atom stereocenters. The number of anilines is 1. The van der Waals surface area contributed by atoms with E-state index in [2.05, 4.69) is 15.5 Å². The van der Waals surface area contributed by atoms with Gasteiger partial charge in [0.05, 0.1) is 21.5 Å². The predicted octanol–water partition coefficient (Wildman–Crippen LogP) is 2.50. The third-order valence-electron chi connectivity index (χ3n) is 4.44. The topological polar surface area (TPSA) is 136 Å². The van der Waals surface area contributed by atoms with Gasteiger partial charge in [-0.05, 0) is 49.7 Å². The van der Waals surface area contributed by atoms with Crippen molar-refractivity contribution in [1.82, 2.24) is 10.2 Å². The maximum atomic E-state index is 12.4. The number of nitrogens with zero attached hydrogens (tertiary/aromatic N) is 2. The van der Waals surface area contributed by atoms with E-state index in [1.165, 1.54) is 36.4 Å². The average molecular weight is 464 g/mol. The lowest BCUT2D eigenvalue weighted by Gasteiger charge is -2.08. The summed E-state index contributed by atoms with van der Waals surface area (Å²) in [4.78, 5) is 12.6. The molecule has 0 aliphatic rings. The summed E-state index contributed by atoms with van der Waals surface area (Å²) in [7, 11) is -6.80. The smallest absolute Gasteiger partial charge is 0.322 e. The van der Waals surface area contributed by atoms with Crippen molar-refractivity contribution in [2.24, 2.45) is 0 Å². The molecule has 3 rings (SSSR count). The van der Waals surface area contributed by atoms with Crippen LogP contribution < -0.4 is 5.32 Å². The molecule has 1 amide bonds. The Bertz CT molecular complexity index is 1310. The molecular formula is C20H21N3O6S2. The van der Waals surface area contributed by atoms with Gasteiger partial charge in [0.15, 0.2) is 19.7 Å². The summed E-state index contributed by atoms with van der Waals surface area (Å²) in [5, 5.41) is 9.55. The van der Waals surface area contributed by atoms with Crippen molar-refractivity contribution < 1.29 is 26.0 Å². The fourth-order valence-electron chi connectivity index (χ4n) is 2.66. The standard InChI is InChI=1S/C20H21N3O6S2/c1-13(2)31(27,28)16-9-7-14(8-10-16)11-18-22-23-20(29-18)21-19(24)15-5-4-6-17(12-15)30(3,25)26/h4-10,12-13H,11H2,1-3H3,(H,21,23,24). The van der Waals surface area contributed by atoms with E-state index in [1.807, 2.05) is 0 Å². The maximum Gasteiger partial charge on any atom is 0.322 e. The molecule has 1 heterocycles. The van der Waals surface area contributed by atoms with Gasteiger partial charge in [-0.1, -0.05) is 23.3 Å². The quantitative estimate of drug-likeness (QED) is 0.564. The van der Waals surface area contributed by atoms with Crippen molar-refractivity contribution in [3.63, 3.8) is 0 Å². The van der Waals surface area contributed by atoms with E-state index in [4.69, 9.17) is 4.42 Å². The summed E-state index contributed by atoms with van der Waals surface area (Å²) in [5.41, 5.74) is 0.884. The minimum atomic E-state index is -3.45. The lowest BCUT2D eigenvalue weighted by Crippen LogP contribution is -2.13. The molecule has 0 radical (unpaired) electrons. The Kier molecular flexibility index (Phi) is 6.27. The molecule has 0 aliphatic heterocycles. The molecule has 0 saturated heterocycles. The van der Waals surface area contributed by atoms with Crippen molar-refractivity contribution in [3.8, 4) is 0 Å². The summed E-state index contributed by atoms with van der Waals surface area (Å²) >= 11 is 0. The van der Waals surface area contributed by atoms with Crippen LogP contribution >= 0.6 is 0 Å². The van der Waals surface area contributed by atoms with Gasteiger partial charge < -0.3 is 4.42 Å². The van der Waals surface area contributed by atoms with Gasteiger partial charge in [-0.3, -0.25) is 10.1 Å². The number of hydrogen-bond acceptors (Lipinski definition) is 8. The van der Waals surface area contributed by atoms with Crippen LogP contribution in [0.4, 0.5) is 6.01 Å². The van der Waals surface area contributed by atoms with Crippen LogP contribution in [0.2, 0.25) is 0 Å². The zero-order valence-electron chi connectivity index (χ0n) is 17.1. The number of aromatic nitrogens is 2. The summed E-state index contributed by atoms with van der Waals surface area (Å²) in [6.07, 6.45) is 1.30. The van der Waals surface area contributed by atoms with Gasteiger partial charge in [0, 0.05) is 11.8 Å². The molecule has 0 saturated carbocycles. The number of rotatable bonds is 7. The first-order valence-corrected chi connectivity index (χ1v) is 12.7. The van der Waals surface area contributed by atoms with E-state index >= 15 is 0 Å². The highest BCUT2D eigenvalue weighted by Gasteiger charge is 2.19. The van der Waals surface area contributed by atoms with Crippen LogP contribution in [0, 0.1) is 0 Å². The second-order valence-electron chi connectivity index (χ2n) is 7.17. The number of hydrogen-bond donors (Lipinski definition) is 1. The van der Waals surface area contributed by atoms with Gasteiger partial charge in [-0.25, -0.2) is 16.8 Å². The van der Waals surface area contributed by atoms with Gasteiger partial charge in [0.1, 0.15) is 0 Å². The van der Waals surface area contributed by atoms with Crippen molar-refractivity contribution in [1.29, 1.82) is 0 Å². The maximum absolute atomic E-state index is 12.4. The first-order valence-electron chi connectivity index (χ1n) is 9.23. The van der Waals surface area contributed by atoms with Crippen LogP contribution in [0.3, 0.4) is 0 Å². The number of sulfone groups is 2. The van der Waals surface area contributed by atoms with Gasteiger partial charge >= 0.3 is 6.01 Å². The van der Waals surface area contributed by atoms with Crippen molar-refractivity contribution in [2.75, 3.05) is 11.6 Å². The number of nitrogens with one attached hydrogen (secondary N) is 1. The van der Waals surface area contributed by atoms with Gasteiger partial charge in [-0.15, -0.1) is 5.10 Å². The van der Waals surface area contributed by atoms with Crippen LogP contribution in [0.25, 0.3) is 0 Å². The largest absolute Gasteiger partial charge is 0.407 e. The SMILES string of the molecule is CC(C)S(=O)(=O)c1ccc(Cc2nnc(NC(=O)c3cccc(S(C)(=O)=O)c3)o2)cc1. The lowest BCUT2D eigenvalue weighted by molar-refractivity contribution is 0.102. The van der Waals surface area contributed by atoms with Gasteiger partial charge in [-0.2, -0.15) is 0 Å². The van der Waals surface area contributed by atoms with Crippen molar-refractivity contribution in [2.45, 2.75) is 35.3 Å². The Morgan fingerprint density at radius 2 is 1.68 bits per heavy atom. The molecule has 2 aromatic carbocycles. The summed E-state index contributed by atoms with van der Waals surface area (Å²) in [6.45, 7) is 3.24. The minimum absolute atomic E-state index is 0.0225. The zero-order chi connectivity index (χ0) is 22.8. The minimum Gasteiger partial charge on any atom is -0.407 e. The van der Waals surface area contributed by atoms with E-state index < -0.39 is 30.8 Å². The van der Waals surface area contributed by atoms with Crippen molar-refractivity contribution >= 4 is 31.6 Å². The van der Waals surface area contributed by atoms with Gasteiger partial charge in [0.2, 0.25) is 5.89 Å². The number of carbonyl (C=O) groups excluding carboxylic acids is 1. The monoisotopic (exact) mass is 463 g/mol. The van der Waals surface area contributed by atoms with E-state index in [9.17, 15) is 21.6 Å². The second-order valence-corrected chi connectivity index (χ2v) is 11.7. The predicted molar refractivity (Wildman–Crippen MR) is 113 cm³/mol. The third-order valence-corrected chi connectivity index (χ3v) is 7.72. The molecular weight excluding hydrogens is 442 g/mol. The Labute approximate surface area is 180 Å². The molecule has 1 N–H and O–H groups in total. The van der Waals surface area contributed by atoms with Gasteiger partial charge in [0.25, 0.3) is 5.91 Å². The van der Waals surface area contributed by atoms with E-state index in [0.717, 1.165) is 11.8 Å². The summed E-state index contributed by atoms with van der Waals surface area (Å²) < 4.78 is 53.1. The van der Waals surface area contributed by atoms with Crippen LogP contribution in [-0.4, -0.2) is 44.4 Å². The zero-order valence-corrected chi connectivity index (χ0v) is 18.7. The van der Waals surface area contributed by atoms with Crippen LogP contribution in [0.15, 0.2) is 62.7 Å². The molecule has 9 nitrogen and oxygen atoms in total. The molecule has 0 spiro atoms. The Hall–Kier alpha value is -3.05. The third kappa shape index (κ3) is 5.36. The highest BCUT2D eigenvalue weighted by atomic mass is 32.2.